The molecule has 3 saturated heterocycles. The number of hydrogen-bond donors (Lipinski definition) is 2. The summed E-state index contributed by atoms with van der Waals surface area (Å²) in [4.78, 5) is 33.0. The Morgan fingerprint density at radius 1 is 1.10 bits per heavy atom. The van der Waals surface area contributed by atoms with Gasteiger partial charge in [-0.1, -0.05) is 6.07 Å². The fourth-order valence-electron chi connectivity index (χ4n) is 4.96. The van der Waals surface area contributed by atoms with Gasteiger partial charge in [0.15, 0.2) is 0 Å². The summed E-state index contributed by atoms with van der Waals surface area (Å²) in [6.07, 6.45) is 7.71. The number of carbonyl (C=O) groups is 2. The minimum Gasteiger partial charge on any atom is -0.357 e. The van der Waals surface area contributed by atoms with Gasteiger partial charge in [0.25, 0.3) is 0 Å². The van der Waals surface area contributed by atoms with Crippen molar-refractivity contribution in [1.29, 1.82) is 0 Å². The molecule has 0 aliphatic carbocycles. The average Bonchev–Trinajstić information content (AvgIpc) is 2.75. The number of anilines is 1. The standard InChI is InChI=1S/C22H33N5O2/c1-26(15-16-6-10-23-11-7-16)18-8-12-27(13-9-18)20-4-2-17(14-24-20)19-3-5-21(28)25-22(19)29/h2,4,14,16,18-19,23H,3,5-13,15H2,1H3,(H,25,28,29). The number of piperidine rings is 3. The van der Waals surface area contributed by atoms with E-state index in [0.29, 0.717) is 18.9 Å². The fourth-order valence-corrected chi connectivity index (χ4v) is 4.96. The third-order valence-electron chi connectivity index (χ3n) is 6.83. The first-order valence-corrected chi connectivity index (χ1v) is 11.1. The van der Waals surface area contributed by atoms with Crippen molar-refractivity contribution in [1.82, 2.24) is 20.5 Å². The maximum atomic E-state index is 12.1. The lowest BCUT2D eigenvalue weighted by Crippen LogP contribution is -2.46. The van der Waals surface area contributed by atoms with Crippen molar-refractivity contribution < 1.29 is 9.59 Å². The molecule has 2 amide bonds. The molecule has 1 aromatic rings. The lowest BCUT2D eigenvalue weighted by Gasteiger charge is -2.39. The van der Waals surface area contributed by atoms with Crippen LogP contribution in [0.3, 0.4) is 0 Å². The number of amides is 2. The Morgan fingerprint density at radius 3 is 2.52 bits per heavy atom. The third kappa shape index (κ3) is 4.95. The highest BCUT2D eigenvalue weighted by atomic mass is 16.2. The molecule has 1 unspecified atom stereocenters. The average molecular weight is 400 g/mol. The van der Waals surface area contributed by atoms with E-state index in [1.807, 2.05) is 18.3 Å². The minimum atomic E-state index is -0.261. The van der Waals surface area contributed by atoms with E-state index in [4.69, 9.17) is 0 Å². The predicted molar refractivity (Wildman–Crippen MR) is 113 cm³/mol. The number of pyridine rings is 1. The van der Waals surface area contributed by atoms with E-state index in [1.54, 1.807) is 0 Å². The Labute approximate surface area is 173 Å². The van der Waals surface area contributed by atoms with Gasteiger partial charge >= 0.3 is 0 Å². The van der Waals surface area contributed by atoms with Crippen LogP contribution in [-0.2, 0) is 9.59 Å². The quantitative estimate of drug-likeness (QED) is 0.731. The van der Waals surface area contributed by atoms with E-state index in [0.717, 1.165) is 56.3 Å². The molecule has 29 heavy (non-hydrogen) atoms. The molecule has 7 heteroatoms. The van der Waals surface area contributed by atoms with E-state index >= 15 is 0 Å². The van der Waals surface area contributed by atoms with Gasteiger partial charge in [0, 0.05) is 38.3 Å². The largest absolute Gasteiger partial charge is 0.357 e. The van der Waals surface area contributed by atoms with Crippen molar-refractivity contribution in [2.45, 2.75) is 50.5 Å². The number of imide groups is 1. The molecule has 0 bridgehead atoms. The molecule has 4 heterocycles. The number of hydrogen-bond acceptors (Lipinski definition) is 6. The Balaban J connectivity index is 1.28. The van der Waals surface area contributed by atoms with Crippen molar-refractivity contribution in [3.8, 4) is 0 Å². The zero-order valence-corrected chi connectivity index (χ0v) is 17.4. The van der Waals surface area contributed by atoms with Gasteiger partial charge in [-0.15, -0.1) is 0 Å². The van der Waals surface area contributed by atoms with Gasteiger partial charge in [0.2, 0.25) is 11.8 Å². The van der Waals surface area contributed by atoms with Gasteiger partial charge in [-0.2, -0.15) is 0 Å². The second-order valence-corrected chi connectivity index (χ2v) is 8.80. The molecule has 4 rings (SSSR count). The molecule has 1 atom stereocenters. The summed E-state index contributed by atoms with van der Waals surface area (Å²) in [5.41, 5.74) is 0.898. The van der Waals surface area contributed by atoms with Crippen LogP contribution >= 0.6 is 0 Å². The summed E-state index contributed by atoms with van der Waals surface area (Å²) >= 11 is 0. The van der Waals surface area contributed by atoms with Gasteiger partial charge < -0.3 is 15.1 Å². The van der Waals surface area contributed by atoms with E-state index in [2.05, 4.69) is 32.5 Å². The first-order valence-electron chi connectivity index (χ1n) is 11.1. The zero-order valence-electron chi connectivity index (χ0n) is 17.4. The van der Waals surface area contributed by atoms with Crippen molar-refractivity contribution in [3.05, 3.63) is 23.9 Å². The summed E-state index contributed by atoms with van der Waals surface area (Å²) in [6, 6.07) is 4.68. The van der Waals surface area contributed by atoms with Gasteiger partial charge in [0.05, 0.1) is 5.92 Å². The fraction of sp³-hybridized carbons (Fsp3) is 0.682. The molecule has 7 nitrogen and oxygen atoms in total. The Kier molecular flexibility index (Phi) is 6.45. The van der Waals surface area contributed by atoms with Crippen LogP contribution in [0.2, 0.25) is 0 Å². The SMILES string of the molecule is CN(CC1CCNCC1)C1CCN(c2ccc(C3CCC(=O)NC3=O)cn2)CC1. The van der Waals surface area contributed by atoms with Gasteiger partial charge in [-0.25, -0.2) is 4.98 Å². The number of nitrogens with zero attached hydrogens (tertiary/aromatic N) is 3. The van der Waals surface area contributed by atoms with Crippen LogP contribution in [-0.4, -0.2) is 67.5 Å². The van der Waals surface area contributed by atoms with E-state index in [-0.39, 0.29) is 17.7 Å². The maximum absolute atomic E-state index is 12.1. The Bertz CT molecular complexity index is 708. The first-order chi connectivity index (χ1) is 14.1. The molecule has 0 saturated carbocycles. The van der Waals surface area contributed by atoms with Crippen LogP contribution in [0.1, 0.15) is 50.0 Å². The molecule has 0 radical (unpaired) electrons. The predicted octanol–water partition coefficient (Wildman–Crippen LogP) is 1.50. The number of carbonyl (C=O) groups excluding carboxylic acids is 2. The van der Waals surface area contributed by atoms with Gasteiger partial charge in [0.1, 0.15) is 5.82 Å². The molecule has 3 aliphatic rings. The van der Waals surface area contributed by atoms with Gasteiger partial charge in [-0.3, -0.25) is 14.9 Å². The molecular weight excluding hydrogens is 366 g/mol. The second kappa shape index (κ2) is 9.22. The monoisotopic (exact) mass is 399 g/mol. The number of nitrogens with one attached hydrogen (secondary N) is 2. The summed E-state index contributed by atoms with van der Waals surface area (Å²) in [6.45, 7) is 5.58. The summed E-state index contributed by atoms with van der Waals surface area (Å²) < 4.78 is 0. The molecule has 1 aromatic heterocycles. The van der Waals surface area contributed by atoms with Crippen LogP contribution < -0.4 is 15.5 Å². The lowest BCUT2D eigenvalue weighted by atomic mass is 9.91. The molecule has 0 aromatic carbocycles. The first kappa shape index (κ1) is 20.3. The minimum absolute atomic E-state index is 0.177. The van der Waals surface area contributed by atoms with Crippen LogP contribution in [0, 0.1) is 5.92 Å². The van der Waals surface area contributed by atoms with Crippen molar-refractivity contribution in [2.75, 3.05) is 44.7 Å². The smallest absolute Gasteiger partial charge is 0.234 e. The van der Waals surface area contributed by atoms with E-state index < -0.39 is 0 Å². The van der Waals surface area contributed by atoms with Crippen LogP contribution in [0.15, 0.2) is 18.3 Å². The van der Waals surface area contributed by atoms with Crippen LogP contribution in [0.25, 0.3) is 0 Å². The highest BCUT2D eigenvalue weighted by molar-refractivity contribution is 6.00. The summed E-state index contributed by atoms with van der Waals surface area (Å²) in [5.74, 6) is 1.18. The maximum Gasteiger partial charge on any atom is 0.234 e. The topological polar surface area (TPSA) is 77.6 Å². The molecule has 2 N–H and O–H groups in total. The normalized spacial score (nSPS) is 24.8. The van der Waals surface area contributed by atoms with Crippen LogP contribution in [0.4, 0.5) is 5.82 Å². The Hall–Kier alpha value is -1.99. The molecule has 158 valence electrons. The van der Waals surface area contributed by atoms with Crippen molar-refractivity contribution in [2.24, 2.45) is 5.92 Å². The highest BCUT2D eigenvalue weighted by Crippen LogP contribution is 2.27. The molecule has 3 aliphatic heterocycles. The summed E-state index contributed by atoms with van der Waals surface area (Å²) in [7, 11) is 2.29. The van der Waals surface area contributed by atoms with Crippen LogP contribution in [0.5, 0.6) is 0 Å². The summed E-state index contributed by atoms with van der Waals surface area (Å²) in [5, 5.41) is 5.88. The lowest BCUT2D eigenvalue weighted by molar-refractivity contribution is -0.134. The molecule has 0 spiro atoms. The highest BCUT2D eigenvalue weighted by Gasteiger charge is 2.29. The molecular formula is C22H33N5O2. The Morgan fingerprint density at radius 2 is 1.86 bits per heavy atom. The van der Waals surface area contributed by atoms with Crippen molar-refractivity contribution >= 4 is 17.6 Å². The van der Waals surface area contributed by atoms with Crippen molar-refractivity contribution in [3.63, 3.8) is 0 Å². The zero-order chi connectivity index (χ0) is 20.2. The van der Waals surface area contributed by atoms with Gasteiger partial charge in [-0.05, 0) is 69.8 Å². The third-order valence-corrected chi connectivity index (χ3v) is 6.83. The second-order valence-electron chi connectivity index (χ2n) is 8.80. The molecule has 3 fully saturated rings. The van der Waals surface area contributed by atoms with E-state index in [1.165, 1.54) is 19.4 Å². The number of aromatic nitrogens is 1. The number of rotatable bonds is 5. The van der Waals surface area contributed by atoms with E-state index in [9.17, 15) is 9.59 Å².